The number of methoxy groups -OCH3 is 1. The minimum atomic E-state index is 0.404. The third-order valence-electron chi connectivity index (χ3n) is 4.73. The maximum Gasteiger partial charge on any atom is 0.133 e. The van der Waals surface area contributed by atoms with E-state index in [0.717, 1.165) is 28.9 Å². The number of anilines is 1. The van der Waals surface area contributed by atoms with Gasteiger partial charge < -0.3 is 10.1 Å². The predicted molar refractivity (Wildman–Crippen MR) is 88.0 cm³/mol. The molecule has 0 unspecified atom stereocenters. The first-order valence-corrected chi connectivity index (χ1v) is 7.87. The average Bonchev–Trinajstić information content (AvgIpc) is 2.53. The second-order valence-corrected chi connectivity index (χ2v) is 6.44. The third-order valence-corrected chi connectivity index (χ3v) is 4.73. The topological polar surface area (TPSA) is 34.1 Å². The van der Waals surface area contributed by atoms with Crippen LogP contribution in [-0.2, 0) is 0 Å². The van der Waals surface area contributed by atoms with E-state index in [1.165, 1.54) is 32.1 Å². The molecule has 1 aliphatic rings. The summed E-state index contributed by atoms with van der Waals surface area (Å²) < 4.78 is 5.44. The van der Waals surface area contributed by atoms with E-state index in [4.69, 9.17) is 4.74 Å². The Kier molecular flexibility index (Phi) is 4.00. The molecule has 1 aromatic heterocycles. The number of rotatable bonds is 4. The van der Waals surface area contributed by atoms with E-state index in [1.54, 1.807) is 7.11 Å². The van der Waals surface area contributed by atoms with Crippen molar-refractivity contribution in [1.82, 2.24) is 4.98 Å². The number of nitrogens with zero attached hydrogens (tertiary/aromatic N) is 1. The first-order valence-electron chi connectivity index (χ1n) is 7.87. The highest BCUT2D eigenvalue weighted by molar-refractivity contribution is 5.95. The molecule has 0 saturated heterocycles. The van der Waals surface area contributed by atoms with Crippen molar-refractivity contribution in [3.63, 3.8) is 0 Å². The Morgan fingerprint density at radius 2 is 1.95 bits per heavy atom. The molecule has 0 atom stereocenters. The molecular weight excluding hydrogens is 260 g/mol. The lowest BCUT2D eigenvalue weighted by atomic mass is 9.76. The van der Waals surface area contributed by atoms with E-state index in [2.05, 4.69) is 23.3 Å². The van der Waals surface area contributed by atoms with Crippen LogP contribution in [0.25, 0.3) is 10.8 Å². The second kappa shape index (κ2) is 5.92. The molecule has 0 bridgehead atoms. The largest absolute Gasteiger partial charge is 0.496 e. The second-order valence-electron chi connectivity index (χ2n) is 6.44. The van der Waals surface area contributed by atoms with Gasteiger partial charge >= 0.3 is 0 Å². The minimum Gasteiger partial charge on any atom is -0.496 e. The Hall–Kier alpha value is -1.77. The summed E-state index contributed by atoms with van der Waals surface area (Å²) in [6.45, 7) is 3.39. The average molecular weight is 284 g/mol. The number of hydrogen-bond acceptors (Lipinski definition) is 3. The molecule has 112 valence electrons. The first kappa shape index (κ1) is 14.2. The van der Waals surface area contributed by atoms with E-state index in [9.17, 15) is 0 Å². The van der Waals surface area contributed by atoms with Crippen molar-refractivity contribution in [2.75, 3.05) is 19.0 Å². The number of fused-ring (bicyclic) bond motifs is 1. The quantitative estimate of drug-likeness (QED) is 0.889. The highest BCUT2D eigenvalue weighted by atomic mass is 16.5. The molecule has 0 aliphatic heterocycles. The summed E-state index contributed by atoms with van der Waals surface area (Å²) in [5.41, 5.74) is 0.404. The van der Waals surface area contributed by atoms with Crippen LogP contribution in [0.2, 0.25) is 0 Å². The summed E-state index contributed by atoms with van der Waals surface area (Å²) in [5, 5.41) is 5.83. The normalized spacial score (nSPS) is 17.6. The fourth-order valence-electron chi connectivity index (χ4n) is 3.38. The fraction of sp³-hybridized carbons (Fsp3) is 0.500. The zero-order valence-corrected chi connectivity index (χ0v) is 13.0. The van der Waals surface area contributed by atoms with Crippen LogP contribution in [0.5, 0.6) is 5.75 Å². The molecule has 2 aromatic rings. The maximum atomic E-state index is 5.44. The fourth-order valence-corrected chi connectivity index (χ4v) is 3.38. The van der Waals surface area contributed by atoms with Gasteiger partial charge in [-0.25, -0.2) is 4.98 Å². The Labute approximate surface area is 126 Å². The zero-order chi connectivity index (χ0) is 14.7. The van der Waals surface area contributed by atoms with Crippen LogP contribution in [0.1, 0.15) is 39.0 Å². The SMILES string of the molecule is COc1cccc2c(NCC3(C)CCCCC3)nccc12. The van der Waals surface area contributed by atoms with Crippen LogP contribution in [-0.4, -0.2) is 18.6 Å². The summed E-state index contributed by atoms with van der Waals surface area (Å²) in [5.74, 6) is 1.88. The maximum absolute atomic E-state index is 5.44. The van der Waals surface area contributed by atoms with Gasteiger partial charge in [0.25, 0.3) is 0 Å². The van der Waals surface area contributed by atoms with E-state index >= 15 is 0 Å². The van der Waals surface area contributed by atoms with Gasteiger partial charge in [-0.2, -0.15) is 0 Å². The van der Waals surface area contributed by atoms with Gasteiger partial charge in [-0.05, 0) is 30.4 Å². The lowest BCUT2D eigenvalue weighted by Gasteiger charge is -2.34. The van der Waals surface area contributed by atoms with Crippen molar-refractivity contribution in [1.29, 1.82) is 0 Å². The number of hydrogen-bond donors (Lipinski definition) is 1. The molecule has 1 N–H and O–H groups in total. The Balaban J connectivity index is 1.84. The van der Waals surface area contributed by atoms with Crippen LogP contribution in [0, 0.1) is 5.41 Å². The van der Waals surface area contributed by atoms with Crippen LogP contribution in [0.4, 0.5) is 5.82 Å². The standard InChI is InChI=1S/C18H24N2O/c1-18(10-4-3-5-11-18)13-20-17-15-7-6-8-16(21-2)14(15)9-12-19-17/h6-9,12H,3-5,10-11,13H2,1-2H3,(H,19,20). The van der Waals surface area contributed by atoms with E-state index in [1.807, 2.05) is 24.4 Å². The van der Waals surface area contributed by atoms with Crippen molar-refractivity contribution in [3.8, 4) is 5.75 Å². The molecule has 0 amide bonds. The lowest BCUT2D eigenvalue weighted by molar-refractivity contribution is 0.233. The van der Waals surface area contributed by atoms with Gasteiger partial charge in [0.05, 0.1) is 7.11 Å². The molecule has 21 heavy (non-hydrogen) atoms. The molecule has 0 radical (unpaired) electrons. The number of benzene rings is 1. The molecule has 3 heteroatoms. The molecule has 1 aliphatic carbocycles. The number of ether oxygens (including phenoxy) is 1. The van der Waals surface area contributed by atoms with Gasteiger partial charge in [0.2, 0.25) is 0 Å². The van der Waals surface area contributed by atoms with Crippen LogP contribution < -0.4 is 10.1 Å². The van der Waals surface area contributed by atoms with Crippen molar-refractivity contribution in [2.24, 2.45) is 5.41 Å². The van der Waals surface area contributed by atoms with Crippen molar-refractivity contribution >= 4 is 16.6 Å². The van der Waals surface area contributed by atoms with Crippen molar-refractivity contribution < 1.29 is 4.74 Å². The van der Waals surface area contributed by atoms with Gasteiger partial charge in [-0.3, -0.25) is 0 Å². The molecule has 3 nitrogen and oxygen atoms in total. The molecular formula is C18H24N2O. The monoisotopic (exact) mass is 284 g/mol. The summed E-state index contributed by atoms with van der Waals surface area (Å²) >= 11 is 0. The molecule has 1 aromatic carbocycles. The Morgan fingerprint density at radius 1 is 1.14 bits per heavy atom. The van der Waals surface area contributed by atoms with E-state index in [-0.39, 0.29) is 0 Å². The van der Waals surface area contributed by atoms with Crippen molar-refractivity contribution in [3.05, 3.63) is 30.5 Å². The zero-order valence-electron chi connectivity index (χ0n) is 13.0. The van der Waals surface area contributed by atoms with Gasteiger partial charge in [-0.15, -0.1) is 0 Å². The lowest BCUT2D eigenvalue weighted by Crippen LogP contribution is -2.29. The highest BCUT2D eigenvalue weighted by Crippen LogP contribution is 2.36. The van der Waals surface area contributed by atoms with Crippen molar-refractivity contribution in [2.45, 2.75) is 39.0 Å². The first-order chi connectivity index (χ1) is 10.2. The summed E-state index contributed by atoms with van der Waals surface area (Å²) in [7, 11) is 1.71. The Bertz CT molecular complexity index is 618. The third kappa shape index (κ3) is 2.97. The molecule has 1 fully saturated rings. The summed E-state index contributed by atoms with van der Waals surface area (Å²) in [4.78, 5) is 4.53. The van der Waals surface area contributed by atoms with Gasteiger partial charge in [-0.1, -0.05) is 38.3 Å². The van der Waals surface area contributed by atoms with E-state index < -0.39 is 0 Å². The van der Waals surface area contributed by atoms with Gasteiger partial charge in [0, 0.05) is 23.5 Å². The van der Waals surface area contributed by atoms with Crippen LogP contribution in [0.3, 0.4) is 0 Å². The predicted octanol–water partition coefficient (Wildman–Crippen LogP) is 4.63. The molecule has 0 spiro atoms. The number of pyridine rings is 1. The molecule has 1 heterocycles. The van der Waals surface area contributed by atoms with Gasteiger partial charge in [0.1, 0.15) is 11.6 Å². The molecule has 3 rings (SSSR count). The summed E-state index contributed by atoms with van der Waals surface area (Å²) in [6, 6.07) is 8.14. The van der Waals surface area contributed by atoms with Crippen LogP contribution >= 0.6 is 0 Å². The number of aromatic nitrogens is 1. The van der Waals surface area contributed by atoms with Crippen LogP contribution in [0.15, 0.2) is 30.5 Å². The van der Waals surface area contributed by atoms with Gasteiger partial charge in [0.15, 0.2) is 0 Å². The Morgan fingerprint density at radius 3 is 2.71 bits per heavy atom. The minimum absolute atomic E-state index is 0.404. The van der Waals surface area contributed by atoms with E-state index in [0.29, 0.717) is 5.41 Å². The summed E-state index contributed by atoms with van der Waals surface area (Å²) in [6.07, 6.45) is 8.59. The molecule has 1 saturated carbocycles. The smallest absolute Gasteiger partial charge is 0.133 e. The number of nitrogens with one attached hydrogen (secondary N) is 1. The highest BCUT2D eigenvalue weighted by Gasteiger charge is 2.26.